The zero-order valence-electron chi connectivity index (χ0n) is 16.2. The standard InChI is InChI=1S/C20H39NO3/c1-4-6-7-8-9-10-11-12-13-15-19(22)16-14-17-21-18(3)20(23)24-5-2/h18,21H,4-17H2,1-3H3. The van der Waals surface area contributed by atoms with Gasteiger partial charge in [0.1, 0.15) is 11.8 Å². The van der Waals surface area contributed by atoms with Crippen LogP contribution in [0.3, 0.4) is 0 Å². The zero-order chi connectivity index (χ0) is 18.0. The van der Waals surface area contributed by atoms with Crippen LogP contribution in [0.4, 0.5) is 0 Å². The molecule has 24 heavy (non-hydrogen) atoms. The summed E-state index contributed by atoms with van der Waals surface area (Å²) in [7, 11) is 0. The molecule has 0 aromatic heterocycles. The fourth-order valence-electron chi connectivity index (χ4n) is 2.71. The third-order valence-corrected chi connectivity index (χ3v) is 4.28. The highest BCUT2D eigenvalue weighted by molar-refractivity contribution is 5.78. The molecule has 1 unspecified atom stereocenters. The van der Waals surface area contributed by atoms with Crippen LogP contribution in [-0.2, 0) is 14.3 Å². The van der Waals surface area contributed by atoms with E-state index in [9.17, 15) is 9.59 Å². The van der Waals surface area contributed by atoms with Crippen LogP contribution in [0, 0.1) is 0 Å². The fraction of sp³-hybridized carbons (Fsp3) is 0.900. The molecule has 0 heterocycles. The van der Waals surface area contributed by atoms with E-state index in [-0.39, 0.29) is 12.0 Å². The lowest BCUT2D eigenvalue weighted by Crippen LogP contribution is -2.36. The maximum Gasteiger partial charge on any atom is 0.322 e. The number of ketones is 1. The van der Waals surface area contributed by atoms with Crippen molar-refractivity contribution in [3.8, 4) is 0 Å². The van der Waals surface area contributed by atoms with E-state index in [2.05, 4.69) is 12.2 Å². The Balaban J connectivity index is 3.37. The van der Waals surface area contributed by atoms with E-state index < -0.39 is 0 Å². The van der Waals surface area contributed by atoms with Gasteiger partial charge in [-0.3, -0.25) is 9.59 Å². The summed E-state index contributed by atoms with van der Waals surface area (Å²) in [5, 5.41) is 3.10. The second kappa shape index (κ2) is 16.9. The highest BCUT2D eigenvalue weighted by Crippen LogP contribution is 2.11. The van der Waals surface area contributed by atoms with Crippen molar-refractivity contribution in [2.24, 2.45) is 0 Å². The molecule has 0 saturated heterocycles. The van der Waals surface area contributed by atoms with Gasteiger partial charge in [0.25, 0.3) is 0 Å². The second-order valence-corrected chi connectivity index (χ2v) is 6.65. The van der Waals surface area contributed by atoms with Gasteiger partial charge in [-0.1, -0.05) is 58.3 Å². The summed E-state index contributed by atoms with van der Waals surface area (Å²) < 4.78 is 4.93. The molecule has 0 aliphatic heterocycles. The van der Waals surface area contributed by atoms with Gasteiger partial charge >= 0.3 is 5.97 Å². The monoisotopic (exact) mass is 341 g/mol. The fourth-order valence-corrected chi connectivity index (χ4v) is 2.71. The van der Waals surface area contributed by atoms with E-state index in [1.807, 2.05) is 0 Å². The summed E-state index contributed by atoms with van der Waals surface area (Å²) in [6.07, 6.45) is 13.6. The van der Waals surface area contributed by atoms with E-state index >= 15 is 0 Å². The van der Waals surface area contributed by atoms with E-state index in [0.29, 0.717) is 31.8 Å². The Bertz CT molecular complexity index is 318. The predicted octanol–water partition coefficient (Wildman–Crippen LogP) is 4.80. The number of nitrogens with one attached hydrogen (secondary N) is 1. The first-order valence-corrected chi connectivity index (χ1v) is 10.0. The average Bonchev–Trinajstić information content (AvgIpc) is 2.57. The number of rotatable bonds is 17. The molecule has 1 atom stereocenters. The van der Waals surface area contributed by atoms with Gasteiger partial charge in [0.15, 0.2) is 0 Å². The van der Waals surface area contributed by atoms with Crippen molar-refractivity contribution in [2.75, 3.05) is 13.2 Å². The second-order valence-electron chi connectivity index (χ2n) is 6.65. The maximum absolute atomic E-state index is 11.8. The van der Waals surface area contributed by atoms with Crippen molar-refractivity contribution in [3.05, 3.63) is 0 Å². The van der Waals surface area contributed by atoms with Crippen molar-refractivity contribution in [3.63, 3.8) is 0 Å². The summed E-state index contributed by atoms with van der Waals surface area (Å²) >= 11 is 0. The Hall–Kier alpha value is -0.900. The van der Waals surface area contributed by atoms with E-state index in [1.54, 1.807) is 13.8 Å². The molecular weight excluding hydrogens is 302 g/mol. The molecule has 1 N–H and O–H groups in total. The number of hydrogen-bond acceptors (Lipinski definition) is 4. The molecule has 0 fully saturated rings. The topological polar surface area (TPSA) is 55.4 Å². The number of carbonyl (C=O) groups is 2. The van der Waals surface area contributed by atoms with Gasteiger partial charge in [-0.25, -0.2) is 0 Å². The van der Waals surface area contributed by atoms with Gasteiger partial charge in [0.2, 0.25) is 0 Å². The zero-order valence-corrected chi connectivity index (χ0v) is 16.2. The molecule has 0 aromatic carbocycles. The maximum atomic E-state index is 11.8. The van der Waals surface area contributed by atoms with Crippen LogP contribution in [0.1, 0.15) is 97.8 Å². The van der Waals surface area contributed by atoms with Crippen LogP contribution >= 0.6 is 0 Å². The lowest BCUT2D eigenvalue weighted by molar-refractivity contribution is -0.145. The Morgan fingerprint density at radius 3 is 1.96 bits per heavy atom. The minimum absolute atomic E-state index is 0.224. The molecule has 0 spiro atoms. The Morgan fingerprint density at radius 2 is 1.38 bits per heavy atom. The summed E-state index contributed by atoms with van der Waals surface area (Å²) in [6.45, 7) is 6.93. The summed E-state index contributed by atoms with van der Waals surface area (Å²) in [6, 6.07) is -0.294. The smallest absolute Gasteiger partial charge is 0.322 e. The van der Waals surface area contributed by atoms with Crippen LogP contribution in [0.5, 0.6) is 0 Å². The lowest BCUT2D eigenvalue weighted by atomic mass is 10.0. The molecule has 0 rings (SSSR count). The first-order valence-electron chi connectivity index (χ1n) is 10.0. The third-order valence-electron chi connectivity index (χ3n) is 4.28. The predicted molar refractivity (Wildman–Crippen MR) is 100 cm³/mol. The van der Waals surface area contributed by atoms with Gasteiger partial charge < -0.3 is 10.1 Å². The summed E-state index contributed by atoms with van der Waals surface area (Å²) in [5.41, 5.74) is 0. The lowest BCUT2D eigenvalue weighted by Gasteiger charge is -2.12. The molecule has 0 aliphatic rings. The molecule has 4 heteroatoms. The van der Waals surface area contributed by atoms with Crippen molar-refractivity contribution >= 4 is 11.8 Å². The van der Waals surface area contributed by atoms with Crippen LogP contribution in [0.25, 0.3) is 0 Å². The minimum atomic E-state index is -0.294. The average molecular weight is 342 g/mol. The Kier molecular flexibility index (Phi) is 16.3. The number of Topliss-reactive ketones (excluding diaryl/α,β-unsaturated/α-hetero) is 1. The van der Waals surface area contributed by atoms with Gasteiger partial charge in [-0.15, -0.1) is 0 Å². The quantitative estimate of drug-likeness (QED) is 0.305. The highest BCUT2D eigenvalue weighted by atomic mass is 16.5. The van der Waals surface area contributed by atoms with Crippen molar-refractivity contribution in [1.82, 2.24) is 5.32 Å². The Labute approximate surface area is 149 Å². The number of ether oxygens (including phenoxy) is 1. The molecule has 4 nitrogen and oxygen atoms in total. The largest absolute Gasteiger partial charge is 0.465 e. The van der Waals surface area contributed by atoms with Crippen molar-refractivity contribution in [1.29, 1.82) is 0 Å². The molecule has 0 aliphatic carbocycles. The third kappa shape index (κ3) is 14.7. The first kappa shape index (κ1) is 23.1. The number of carbonyl (C=O) groups excluding carboxylic acids is 2. The molecule has 0 aromatic rings. The molecule has 0 radical (unpaired) electrons. The van der Waals surface area contributed by atoms with E-state index in [4.69, 9.17) is 4.74 Å². The highest BCUT2D eigenvalue weighted by Gasteiger charge is 2.12. The van der Waals surface area contributed by atoms with Crippen molar-refractivity contribution in [2.45, 2.75) is 104 Å². The van der Waals surface area contributed by atoms with Gasteiger partial charge in [-0.2, -0.15) is 0 Å². The van der Waals surface area contributed by atoms with Crippen LogP contribution in [0.15, 0.2) is 0 Å². The van der Waals surface area contributed by atoms with E-state index in [0.717, 1.165) is 12.8 Å². The molecule has 0 amide bonds. The van der Waals surface area contributed by atoms with Gasteiger partial charge in [0, 0.05) is 12.8 Å². The Morgan fingerprint density at radius 1 is 0.833 bits per heavy atom. The number of unbranched alkanes of at least 4 members (excludes halogenated alkanes) is 8. The van der Waals surface area contributed by atoms with Crippen LogP contribution < -0.4 is 5.32 Å². The van der Waals surface area contributed by atoms with Crippen molar-refractivity contribution < 1.29 is 14.3 Å². The molecule has 0 saturated carbocycles. The van der Waals surface area contributed by atoms with Crippen LogP contribution in [-0.4, -0.2) is 30.9 Å². The normalized spacial score (nSPS) is 12.1. The van der Waals surface area contributed by atoms with Crippen LogP contribution in [0.2, 0.25) is 0 Å². The first-order chi connectivity index (χ1) is 11.6. The van der Waals surface area contributed by atoms with Gasteiger partial charge in [-0.05, 0) is 33.2 Å². The summed E-state index contributed by atoms with van der Waals surface area (Å²) in [5.74, 6) is 0.127. The molecule has 142 valence electrons. The number of hydrogen-bond donors (Lipinski definition) is 1. The summed E-state index contributed by atoms with van der Waals surface area (Å²) in [4.78, 5) is 23.2. The SMILES string of the molecule is CCCCCCCCCCCC(=O)CCCNC(C)C(=O)OCC. The molecular formula is C20H39NO3. The number of esters is 1. The van der Waals surface area contributed by atoms with E-state index in [1.165, 1.54) is 51.4 Å². The molecule has 0 bridgehead atoms. The van der Waals surface area contributed by atoms with Gasteiger partial charge in [0.05, 0.1) is 6.61 Å². The minimum Gasteiger partial charge on any atom is -0.465 e.